The van der Waals surface area contributed by atoms with Gasteiger partial charge in [0.1, 0.15) is 6.10 Å². The maximum Gasteiger partial charge on any atom is 0.307 e. The number of carbonyl (C=O) groups excluding carboxylic acids is 2. The van der Waals surface area contributed by atoms with Crippen molar-refractivity contribution in [3.8, 4) is 0 Å². The van der Waals surface area contributed by atoms with Gasteiger partial charge in [-0.15, -0.1) is 0 Å². The second-order valence-electron chi connectivity index (χ2n) is 11.3. The normalized spacial score (nSPS) is 19.7. The van der Waals surface area contributed by atoms with E-state index in [1.807, 2.05) is 55.4 Å². The molecule has 0 saturated carbocycles. The Labute approximate surface area is 206 Å². The molecule has 1 N–H and O–H groups in total. The van der Waals surface area contributed by atoms with Crippen molar-refractivity contribution < 1.29 is 24.2 Å². The van der Waals surface area contributed by atoms with Crippen molar-refractivity contribution >= 4 is 11.9 Å². The smallest absolute Gasteiger partial charge is 0.307 e. The SMILES string of the molecule is C=C(C)C(C)(CC(=O)OCCC(=C)C(C)(CC(=O)OC1C=C(O)C1C(C)(C)C)C(=C)C)C(=C)C. The Morgan fingerprint density at radius 2 is 1.35 bits per heavy atom. The molecule has 5 heteroatoms. The van der Waals surface area contributed by atoms with Gasteiger partial charge in [0.25, 0.3) is 0 Å². The molecule has 3 atom stereocenters. The lowest BCUT2D eigenvalue weighted by Crippen LogP contribution is -2.43. The number of rotatable bonds is 12. The Balaban J connectivity index is 2.74. The van der Waals surface area contributed by atoms with Crippen LogP contribution in [0, 0.1) is 22.2 Å². The van der Waals surface area contributed by atoms with Gasteiger partial charge < -0.3 is 14.6 Å². The minimum absolute atomic E-state index is 0.0699. The molecule has 0 fully saturated rings. The number of carbonyl (C=O) groups is 2. The molecule has 34 heavy (non-hydrogen) atoms. The van der Waals surface area contributed by atoms with E-state index in [1.54, 1.807) is 6.08 Å². The average Bonchev–Trinajstić information content (AvgIpc) is 2.64. The first-order valence-corrected chi connectivity index (χ1v) is 11.8. The maximum atomic E-state index is 12.8. The molecule has 0 aromatic carbocycles. The number of hydrogen-bond acceptors (Lipinski definition) is 5. The van der Waals surface area contributed by atoms with E-state index < -0.39 is 16.9 Å². The van der Waals surface area contributed by atoms with Crippen molar-refractivity contribution in [2.75, 3.05) is 6.61 Å². The first-order chi connectivity index (χ1) is 15.4. The summed E-state index contributed by atoms with van der Waals surface area (Å²) in [6.45, 7) is 31.8. The summed E-state index contributed by atoms with van der Waals surface area (Å²) in [5, 5.41) is 10.00. The van der Waals surface area contributed by atoms with Gasteiger partial charge in [0, 0.05) is 17.3 Å². The molecule has 0 aliphatic heterocycles. The van der Waals surface area contributed by atoms with Crippen LogP contribution in [0.1, 0.15) is 74.7 Å². The van der Waals surface area contributed by atoms with Crippen molar-refractivity contribution in [1.29, 1.82) is 0 Å². The summed E-state index contributed by atoms with van der Waals surface area (Å²) in [7, 11) is 0. The first-order valence-electron chi connectivity index (χ1n) is 11.8. The van der Waals surface area contributed by atoms with Crippen molar-refractivity contribution in [2.45, 2.75) is 80.8 Å². The first kappa shape index (κ1) is 29.5. The summed E-state index contributed by atoms with van der Waals surface area (Å²) in [6.07, 6.45) is 1.76. The van der Waals surface area contributed by atoms with E-state index in [4.69, 9.17) is 9.47 Å². The number of allylic oxidation sites excluding steroid dienone is 3. The summed E-state index contributed by atoms with van der Waals surface area (Å²) < 4.78 is 11.2. The highest BCUT2D eigenvalue weighted by Crippen LogP contribution is 2.44. The summed E-state index contributed by atoms with van der Waals surface area (Å²) >= 11 is 0. The predicted molar refractivity (Wildman–Crippen MR) is 138 cm³/mol. The van der Waals surface area contributed by atoms with Gasteiger partial charge in [0.05, 0.1) is 31.1 Å². The Morgan fingerprint density at radius 3 is 1.76 bits per heavy atom. The number of esters is 2. The second-order valence-corrected chi connectivity index (χ2v) is 11.3. The quantitative estimate of drug-likeness (QED) is 0.244. The fourth-order valence-corrected chi connectivity index (χ4v) is 4.09. The lowest BCUT2D eigenvalue weighted by molar-refractivity contribution is -0.155. The molecule has 0 amide bonds. The summed E-state index contributed by atoms with van der Waals surface area (Å²) in [4.78, 5) is 25.3. The van der Waals surface area contributed by atoms with Gasteiger partial charge in [-0.2, -0.15) is 0 Å². The zero-order valence-corrected chi connectivity index (χ0v) is 22.5. The average molecular weight is 473 g/mol. The third-order valence-corrected chi connectivity index (χ3v) is 7.45. The molecule has 0 aromatic rings. The molecule has 1 aliphatic rings. The van der Waals surface area contributed by atoms with E-state index in [1.165, 1.54) is 0 Å². The lowest BCUT2D eigenvalue weighted by atomic mass is 9.70. The zero-order chi connectivity index (χ0) is 26.6. The van der Waals surface area contributed by atoms with Gasteiger partial charge in [0.15, 0.2) is 0 Å². The van der Waals surface area contributed by atoms with Crippen LogP contribution in [-0.2, 0) is 19.1 Å². The van der Waals surface area contributed by atoms with Gasteiger partial charge in [0.2, 0.25) is 0 Å². The molecule has 3 unspecified atom stereocenters. The van der Waals surface area contributed by atoms with Crippen LogP contribution in [-0.4, -0.2) is 29.8 Å². The summed E-state index contributed by atoms with van der Waals surface area (Å²) in [5.41, 5.74) is 1.79. The molecule has 0 saturated heterocycles. The number of aliphatic hydroxyl groups excluding tert-OH is 1. The van der Waals surface area contributed by atoms with E-state index in [-0.39, 0.29) is 48.5 Å². The molecular formula is C29H44O5. The van der Waals surface area contributed by atoms with E-state index >= 15 is 0 Å². The maximum absolute atomic E-state index is 12.8. The highest BCUT2D eigenvalue weighted by molar-refractivity contribution is 5.73. The van der Waals surface area contributed by atoms with Crippen LogP contribution in [0.3, 0.4) is 0 Å². The van der Waals surface area contributed by atoms with Gasteiger partial charge in [-0.05, 0) is 32.3 Å². The number of ether oxygens (including phenoxy) is 2. The van der Waals surface area contributed by atoms with Crippen LogP contribution < -0.4 is 0 Å². The van der Waals surface area contributed by atoms with E-state index in [0.29, 0.717) is 6.42 Å². The van der Waals surface area contributed by atoms with Crippen LogP contribution in [0.5, 0.6) is 0 Å². The van der Waals surface area contributed by atoms with Crippen molar-refractivity contribution in [3.63, 3.8) is 0 Å². The van der Waals surface area contributed by atoms with Crippen molar-refractivity contribution in [2.24, 2.45) is 22.2 Å². The predicted octanol–water partition coefficient (Wildman–Crippen LogP) is 7.03. The molecule has 5 nitrogen and oxygen atoms in total. The van der Waals surface area contributed by atoms with E-state index in [0.717, 1.165) is 22.3 Å². The Kier molecular flexibility index (Phi) is 9.36. The Hall–Kier alpha value is -2.56. The van der Waals surface area contributed by atoms with Crippen LogP contribution in [0.4, 0.5) is 0 Å². The Bertz CT molecular complexity index is 884. The Morgan fingerprint density at radius 1 is 0.882 bits per heavy atom. The summed E-state index contributed by atoms with van der Waals surface area (Å²) in [5.74, 6) is -0.680. The molecule has 1 aliphatic carbocycles. The van der Waals surface area contributed by atoms with E-state index in [2.05, 4.69) is 26.3 Å². The molecule has 0 spiro atoms. The minimum Gasteiger partial charge on any atom is -0.512 e. The third kappa shape index (κ3) is 6.74. The molecule has 0 radical (unpaired) electrons. The zero-order valence-electron chi connectivity index (χ0n) is 22.5. The van der Waals surface area contributed by atoms with Crippen LogP contribution >= 0.6 is 0 Å². The summed E-state index contributed by atoms with van der Waals surface area (Å²) in [6, 6.07) is 0. The van der Waals surface area contributed by atoms with Crippen LogP contribution in [0.25, 0.3) is 0 Å². The molecule has 0 heterocycles. The highest BCUT2D eigenvalue weighted by atomic mass is 16.5. The largest absolute Gasteiger partial charge is 0.512 e. The highest BCUT2D eigenvalue weighted by Gasteiger charge is 2.44. The molecule has 1 rings (SSSR count). The van der Waals surface area contributed by atoms with E-state index in [9.17, 15) is 14.7 Å². The second kappa shape index (κ2) is 10.8. The molecule has 0 aromatic heterocycles. The standard InChI is InChI=1S/C29H44O5/c1-18(2)28(11,19(3)4)16-24(31)33-14-13-21(7)29(12,20(5)6)17-25(32)34-23-15-22(30)26(23)27(8,9)10/h15,23,26,30H,1,3,5,7,13-14,16-17H2,2,4,6,8-12H3. The lowest BCUT2D eigenvalue weighted by Gasteiger charge is -2.41. The van der Waals surface area contributed by atoms with Gasteiger partial charge in [-0.25, -0.2) is 0 Å². The topological polar surface area (TPSA) is 72.8 Å². The third-order valence-electron chi connectivity index (χ3n) is 7.45. The van der Waals surface area contributed by atoms with Gasteiger partial charge in [-0.3, -0.25) is 9.59 Å². The number of aliphatic hydroxyl groups is 1. The molecule has 0 bridgehead atoms. The fourth-order valence-electron chi connectivity index (χ4n) is 4.09. The number of hydrogen-bond donors (Lipinski definition) is 1. The van der Waals surface area contributed by atoms with Crippen molar-refractivity contribution in [3.05, 3.63) is 60.4 Å². The molecule has 190 valence electrons. The van der Waals surface area contributed by atoms with Crippen molar-refractivity contribution in [1.82, 2.24) is 0 Å². The van der Waals surface area contributed by atoms with Crippen LogP contribution in [0.2, 0.25) is 0 Å². The monoisotopic (exact) mass is 472 g/mol. The minimum atomic E-state index is -0.708. The fraction of sp³-hybridized carbons (Fsp3) is 0.586. The van der Waals surface area contributed by atoms with Crippen LogP contribution in [0.15, 0.2) is 60.4 Å². The van der Waals surface area contributed by atoms with Gasteiger partial charge in [-0.1, -0.05) is 83.2 Å². The molecular weight excluding hydrogens is 428 g/mol. The van der Waals surface area contributed by atoms with Gasteiger partial charge >= 0.3 is 11.9 Å².